The summed E-state index contributed by atoms with van der Waals surface area (Å²) in [5.41, 5.74) is 0.215. The normalized spacial score (nSPS) is 52.3. The molecule has 7 fully saturated rings. The summed E-state index contributed by atoms with van der Waals surface area (Å²) in [5.74, 6) is 1.13. The summed E-state index contributed by atoms with van der Waals surface area (Å²) in [5, 5.41) is 55.0. The number of ether oxygens (including phenoxy) is 7. The van der Waals surface area contributed by atoms with Crippen LogP contribution in [0.2, 0.25) is 0 Å². The summed E-state index contributed by atoms with van der Waals surface area (Å²) in [6, 6.07) is 0. The van der Waals surface area contributed by atoms with Crippen molar-refractivity contribution in [2.45, 2.75) is 204 Å². The second-order valence-corrected chi connectivity index (χ2v) is 19.1. The third kappa shape index (κ3) is 8.18. The molecular formula is C44H70O13. The molecule has 0 radical (unpaired) electrons. The van der Waals surface area contributed by atoms with Gasteiger partial charge in [-0.3, -0.25) is 0 Å². The Morgan fingerprint density at radius 1 is 0.737 bits per heavy atom. The molecule has 0 unspecified atom stereocenters. The molecule has 13 heteroatoms. The van der Waals surface area contributed by atoms with E-state index < -0.39 is 79.4 Å². The van der Waals surface area contributed by atoms with Crippen LogP contribution in [0, 0.1) is 34.5 Å². The maximum Gasteiger partial charge on any atom is 0.331 e. The zero-order valence-electron chi connectivity index (χ0n) is 34.9. The van der Waals surface area contributed by atoms with Gasteiger partial charge in [0.1, 0.15) is 24.9 Å². The van der Waals surface area contributed by atoms with Gasteiger partial charge in [0.25, 0.3) is 0 Å². The maximum atomic E-state index is 12.6. The first-order valence-electron chi connectivity index (χ1n) is 21.8. The van der Waals surface area contributed by atoms with Crippen LogP contribution in [0.15, 0.2) is 24.3 Å². The van der Waals surface area contributed by atoms with Crippen molar-refractivity contribution in [1.29, 1.82) is 0 Å². The van der Waals surface area contributed by atoms with E-state index in [9.17, 15) is 30.3 Å². The highest BCUT2D eigenvalue weighted by atomic mass is 16.7. The highest BCUT2D eigenvalue weighted by molar-refractivity contribution is 5.85. The molecule has 0 spiro atoms. The lowest BCUT2D eigenvalue weighted by Gasteiger charge is -2.64. The summed E-state index contributed by atoms with van der Waals surface area (Å²) >= 11 is 0. The quantitative estimate of drug-likeness (QED) is 0.139. The molecule has 4 aliphatic heterocycles. The van der Waals surface area contributed by atoms with Crippen LogP contribution in [0.25, 0.3) is 0 Å². The van der Waals surface area contributed by atoms with E-state index in [4.69, 9.17) is 33.2 Å². The Morgan fingerprint density at radius 2 is 1.32 bits per heavy atom. The predicted octanol–water partition coefficient (Wildman–Crippen LogP) is 4.44. The number of rotatable bonds is 7. The molecule has 0 aromatic carbocycles. The minimum Gasteiger partial charge on any atom is -0.458 e. The largest absolute Gasteiger partial charge is 0.458 e. The second-order valence-electron chi connectivity index (χ2n) is 19.1. The van der Waals surface area contributed by atoms with E-state index in [1.165, 1.54) is 0 Å². The fourth-order valence-electron chi connectivity index (χ4n) is 12.8. The molecule has 0 bridgehead atoms. The summed E-state index contributed by atoms with van der Waals surface area (Å²) in [6.45, 7) is 15.6. The van der Waals surface area contributed by atoms with Crippen LogP contribution in [-0.2, 0) is 38.0 Å². The Kier molecular flexibility index (Phi) is 13.1. The number of allylic oxidation sites excluding steroid dienone is 1. The van der Waals surface area contributed by atoms with Crippen molar-refractivity contribution < 1.29 is 63.5 Å². The third-order valence-electron chi connectivity index (χ3n) is 15.9. The molecule has 20 atom stereocenters. The van der Waals surface area contributed by atoms with Gasteiger partial charge in [0, 0.05) is 30.8 Å². The van der Waals surface area contributed by atoms with E-state index in [1.54, 1.807) is 26.0 Å². The molecule has 0 aromatic heterocycles. The lowest BCUT2D eigenvalue weighted by atomic mass is 9.43. The second kappa shape index (κ2) is 17.1. The molecule has 8 aliphatic rings. The zero-order chi connectivity index (χ0) is 41.0. The van der Waals surface area contributed by atoms with Gasteiger partial charge in [-0.15, -0.1) is 6.58 Å². The van der Waals surface area contributed by atoms with Gasteiger partial charge in [-0.25, -0.2) is 4.79 Å². The molecule has 5 N–H and O–H groups in total. The highest BCUT2D eigenvalue weighted by Crippen LogP contribution is 2.70. The van der Waals surface area contributed by atoms with Crippen molar-refractivity contribution in [1.82, 2.24) is 0 Å². The van der Waals surface area contributed by atoms with Gasteiger partial charge in [-0.1, -0.05) is 19.9 Å². The minimum absolute atomic E-state index is 0.0243. The Hall–Kier alpha value is -1.49. The molecule has 4 heterocycles. The summed E-state index contributed by atoms with van der Waals surface area (Å²) < 4.78 is 42.2. The Balaban J connectivity index is 0.00000160. The molecule has 3 saturated heterocycles. The number of aliphatic hydroxyl groups excluding tert-OH is 4. The monoisotopic (exact) mass is 806 g/mol. The fraction of sp³-hybridized carbons (Fsp3) is 0.886. The van der Waals surface area contributed by atoms with Crippen LogP contribution < -0.4 is 0 Å². The summed E-state index contributed by atoms with van der Waals surface area (Å²) in [7, 11) is 0. The summed E-state index contributed by atoms with van der Waals surface area (Å²) in [4.78, 5) is 11.9. The van der Waals surface area contributed by atoms with E-state index in [-0.39, 0.29) is 54.0 Å². The van der Waals surface area contributed by atoms with Gasteiger partial charge >= 0.3 is 5.97 Å². The fourth-order valence-corrected chi connectivity index (χ4v) is 12.8. The minimum atomic E-state index is -0.996. The van der Waals surface area contributed by atoms with Crippen molar-refractivity contribution >= 4 is 5.97 Å². The van der Waals surface area contributed by atoms with Gasteiger partial charge < -0.3 is 58.7 Å². The number of aliphatic hydroxyl groups is 5. The first-order valence-corrected chi connectivity index (χ1v) is 21.8. The zero-order valence-corrected chi connectivity index (χ0v) is 34.9. The number of carbonyl (C=O) groups excluding carboxylic acids is 1. The molecule has 0 aromatic rings. The van der Waals surface area contributed by atoms with Crippen LogP contribution in [0.1, 0.15) is 119 Å². The number of esters is 1. The molecule has 4 aliphatic carbocycles. The van der Waals surface area contributed by atoms with E-state index in [1.807, 2.05) is 13.8 Å². The van der Waals surface area contributed by atoms with Gasteiger partial charge in [0.05, 0.1) is 48.3 Å². The Bertz CT molecular complexity index is 1420. The van der Waals surface area contributed by atoms with Crippen molar-refractivity contribution in [2.24, 2.45) is 34.5 Å². The van der Waals surface area contributed by atoms with Crippen LogP contribution in [-0.4, -0.2) is 124 Å². The van der Waals surface area contributed by atoms with Crippen molar-refractivity contribution in [3.05, 3.63) is 24.3 Å². The molecule has 57 heavy (non-hydrogen) atoms. The molecule has 0 amide bonds. The molecule has 4 saturated carbocycles. The first-order chi connectivity index (χ1) is 27.0. The molecule has 8 rings (SSSR count). The lowest BCUT2D eigenvalue weighted by Crippen LogP contribution is -2.62. The van der Waals surface area contributed by atoms with Crippen LogP contribution in [0.5, 0.6) is 0 Å². The van der Waals surface area contributed by atoms with Crippen LogP contribution in [0.3, 0.4) is 0 Å². The van der Waals surface area contributed by atoms with Crippen LogP contribution in [0.4, 0.5) is 0 Å². The van der Waals surface area contributed by atoms with E-state index in [2.05, 4.69) is 20.4 Å². The average Bonchev–Trinajstić information content (AvgIpc) is 3.70. The highest BCUT2D eigenvalue weighted by Gasteiger charge is 2.68. The van der Waals surface area contributed by atoms with Gasteiger partial charge in [-0.05, 0) is 120 Å². The summed E-state index contributed by atoms with van der Waals surface area (Å²) in [6.07, 6.45) is 3.65. The SMILES string of the molecule is C=CC.C[C@H]1O[C@@H](O[C@H]2[C@@H](O)C[C@H](O[C@H]3[C@@H](O)C[C@H](O[C@H]4CC[C@@]5(C)[C@H](CC[C@@H]6[C@@H]5CC[C@]5(C)[C@@H](C7=CC(=O)OC7)CC[C@]65O)C4)O[C@@H]3C)O[C@@H]2C)C[C@H](O)[C@@H]1O. The van der Waals surface area contributed by atoms with Gasteiger partial charge in [0.2, 0.25) is 0 Å². The molecular weight excluding hydrogens is 736 g/mol. The lowest BCUT2D eigenvalue weighted by molar-refractivity contribution is -0.336. The number of hydrogen-bond donors (Lipinski definition) is 5. The Morgan fingerprint density at radius 3 is 1.88 bits per heavy atom. The van der Waals surface area contributed by atoms with Crippen molar-refractivity contribution in [3.8, 4) is 0 Å². The third-order valence-corrected chi connectivity index (χ3v) is 15.9. The number of carbonyl (C=O) groups is 1. The molecule has 13 nitrogen and oxygen atoms in total. The van der Waals surface area contributed by atoms with E-state index >= 15 is 0 Å². The molecule has 324 valence electrons. The average molecular weight is 807 g/mol. The van der Waals surface area contributed by atoms with Crippen molar-refractivity contribution in [3.63, 3.8) is 0 Å². The standard InChI is InChI=1S/C41H64O13.C3H6/c1-20-36(46)29(42)16-34(49-20)53-38-22(3)51-35(18-31(38)44)54-37-21(2)50-33(17-30(37)43)52-25-8-11-39(4)24(15-25)6-7-28-27(39)9-12-40(5)26(10-13-41(28,40)47)23-14-32(45)48-19-23;1-3-2/h14,20-22,24-31,33-38,42-44,46-47H,6-13,15-19H2,1-5H3;3H,1H2,2H3/t20-,21-,22-,24-,25+,26-,27+,28-,29+,30+,31+,33+,34+,35+,36-,37-,38-,39+,40-,41+;/m1./s1. The number of cyclic esters (lactones) is 1. The number of fused-ring (bicyclic) bond motifs is 5. The predicted molar refractivity (Wildman–Crippen MR) is 207 cm³/mol. The van der Waals surface area contributed by atoms with Gasteiger partial charge in [-0.2, -0.15) is 0 Å². The smallest absolute Gasteiger partial charge is 0.331 e. The maximum absolute atomic E-state index is 12.6. The van der Waals surface area contributed by atoms with Crippen LogP contribution >= 0.6 is 0 Å². The van der Waals surface area contributed by atoms with E-state index in [0.29, 0.717) is 18.4 Å². The van der Waals surface area contributed by atoms with Gasteiger partial charge in [0.15, 0.2) is 18.9 Å². The topological polar surface area (TPSA) is 183 Å². The van der Waals surface area contributed by atoms with Crippen molar-refractivity contribution in [2.75, 3.05) is 6.61 Å². The number of hydrogen-bond acceptors (Lipinski definition) is 13. The Labute approximate surface area is 338 Å². The van der Waals surface area contributed by atoms with E-state index in [0.717, 1.165) is 63.4 Å². The first kappa shape index (κ1) is 43.6.